The van der Waals surface area contributed by atoms with Gasteiger partial charge in [0.15, 0.2) is 0 Å². The van der Waals surface area contributed by atoms with Gasteiger partial charge < -0.3 is 5.32 Å². The Hall–Kier alpha value is -0.0500. The first-order valence-electron chi connectivity index (χ1n) is 7.65. The molecule has 2 fully saturated rings. The van der Waals surface area contributed by atoms with E-state index in [1.165, 1.54) is 51.4 Å². The maximum absolute atomic E-state index is 12.0. The van der Waals surface area contributed by atoms with Gasteiger partial charge in [-0.2, -0.15) is 0 Å². The van der Waals surface area contributed by atoms with Crippen molar-refractivity contribution in [2.24, 2.45) is 11.8 Å². The minimum Gasteiger partial charge on any atom is -0.353 e. The van der Waals surface area contributed by atoms with E-state index >= 15 is 0 Å². The summed E-state index contributed by atoms with van der Waals surface area (Å²) in [6.45, 7) is 0. The monoisotopic (exact) mass is 315 g/mol. The van der Waals surface area contributed by atoms with Gasteiger partial charge in [-0.3, -0.25) is 4.79 Å². The van der Waals surface area contributed by atoms with Crippen LogP contribution in [0, 0.1) is 11.8 Å². The number of carbonyl (C=O) groups is 1. The third-order valence-corrected chi connectivity index (χ3v) is 5.54. The van der Waals surface area contributed by atoms with Gasteiger partial charge in [0, 0.05) is 17.8 Å². The quantitative estimate of drug-likeness (QED) is 0.763. The first kappa shape index (κ1) is 14.4. The first-order chi connectivity index (χ1) is 8.79. The highest BCUT2D eigenvalue weighted by molar-refractivity contribution is 9.09. The van der Waals surface area contributed by atoms with Crippen LogP contribution >= 0.6 is 15.9 Å². The summed E-state index contributed by atoms with van der Waals surface area (Å²) in [5.41, 5.74) is 0. The Labute approximate surface area is 119 Å². The summed E-state index contributed by atoms with van der Waals surface area (Å²) in [6, 6.07) is 0.434. The number of hydrogen-bond acceptors (Lipinski definition) is 1. The summed E-state index contributed by atoms with van der Waals surface area (Å²) >= 11 is 3.56. The predicted molar refractivity (Wildman–Crippen MR) is 78.9 cm³/mol. The SMILES string of the molecule is O=C(CCC1CCCCC1)NC1CCCC1CBr. The summed E-state index contributed by atoms with van der Waals surface area (Å²) < 4.78 is 0. The molecule has 2 aliphatic carbocycles. The number of carbonyl (C=O) groups excluding carboxylic acids is 1. The number of halogens is 1. The van der Waals surface area contributed by atoms with Gasteiger partial charge >= 0.3 is 0 Å². The minimum absolute atomic E-state index is 0.290. The first-order valence-corrected chi connectivity index (χ1v) is 8.77. The average molecular weight is 316 g/mol. The van der Waals surface area contributed by atoms with E-state index in [0.717, 1.165) is 24.1 Å². The fourth-order valence-corrected chi connectivity index (χ4v) is 4.28. The third kappa shape index (κ3) is 4.25. The molecular formula is C15H26BrNO. The zero-order valence-corrected chi connectivity index (χ0v) is 12.9. The Bertz CT molecular complexity index is 263. The van der Waals surface area contributed by atoms with Crippen molar-refractivity contribution < 1.29 is 4.79 Å². The molecule has 1 N–H and O–H groups in total. The molecular weight excluding hydrogens is 290 g/mol. The number of rotatable bonds is 5. The Morgan fingerprint density at radius 3 is 2.56 bits per heavy atom. The number of hydrogen-bond donors (Lipinski definition) is 1. The third-order valence-electron chi connectivity index (χ3n) is 4.71. The van der Waals surface area contributed by atoms with Gasteiger partial charge in [-0.05, 0) is 31.1 Å². The lowest BCUT2D eigenvalue weighted by Crippen LogP contribution is -2.38. The number of nitrogens with one attached hydrogen (secondary N) is 1. The molecule has 0 heterocycles. The zero-order chi connectivity index (χ0) is 12.8. The second kappa shape index (κ2) is 7.52. The Kier molecular flexibility index (Phi) is 6.00. The van der Waals surface area contributed by atoms with E-state index < -0.39 is 0 Å². The van der Waals surface area contributed by atoms with Crippen molar-refractivity contribution in [1.82, 2.24) is 5.32 Å². The van der Waals surface area contributed by atoms with Crippen LogP contribution in [0.3, 0.4) is 0 Å². The van der Waals surface area contributed by atoms with Crippen molar-refractivity contribution in [2.45, 2.75) is 70.3 Å². The Morgan fingerprint density at radius 1 is 1.06 bits per heavy atom. The van der Waals surface area contributed by atoms with Crippen molar-refractivity contribution >= 4 is 21.8 Å². The molecule has 0 aromatic rings. The second-order valence-electron chi connectivity index (χ2n) is 6.06. The molecule has 2 unspecified atom stereocenters. The molecule has 2 nitrogen and oxygen atoms in total. The normalized spacial score (nSPS) is 29.4. The van der Waals surface area contributed by atoms with Crippen molar-refractivity contribution in [3.63, 3.8) is 0 Å². The van der Waals surface area contributed by atoms with Crippen LogP contribution in [0.4, 0.5) is 0 Å². The fraction of sp³-hybridized carbons (Fsp3) is 0.933. The number of alkyl halides is 1. The van der Waals surface area contributed by atoms with Crippen LogP contribution in [0.2, 0.25) is 0 Å². The van der Waals surface area contributed by atoms with Crippen molar-refractivity contribution in [2.75, 3.05) is 5.33 Å². The van der Waals surface area contributed by atoms with Gasteiger partial charge in [0.25, 0.3) is 0 Å². The molecule has 0 saturated heterocycles. The molecule has 2 saturated carbocycles. The van der Waals surface area contributed by atoms with Gasteiger partial charge in [0.1, 0.15) is 0 Å². The van der Waals surface area contributed by atoms with Crippen LogP contribution in [-0.4, -0.2) is 17.3 Å². The molecule has 0 spiro atoms. The van der Waals surface area contributed by atoms with Crippen LogP contribution in [0.5, 0.6) is 0 Å². The van der Waals surface area contributed by atoms with E-state index in [-0.39, 0.29) is 0 Å². The molecule has 2 rings (SSSR count). The van der Waals surface area contributed by atoms with Crippen molar-refractivity contribution in [3.05, 3.63) is 0 Å². The number of amides is 1. The summed E-state index contributed by atoms with van der Waals surface area (Å²) in [5, 5.41) is 4.28. The summed E-state index contributed by atoms with van der Waals surface area (Å²) in [6.07, 6.45) is 12.4. The molecule has 0 aromatic heterocycles. The zero-order valence-electron chi connectivity index (χ0n) is 11.3. The molecule has 0 bridgehead atoms. The van der Waals surface area contributed by atoms with Gasteiger partial charge in [-0.15, -0.1) is 0 Å². The van der Waals surface area contributed by atoms with E-state index in [1.807, 2.05) is 0 Å². The second-order valence-corrected chi connectivity index (χ2v) is 6.71. The highest BCUT2D eigenvalue weighted by Gasteiger charge is 2.27. The van der Waals surface area contributed by atoms with Gasteiger partial charge in [-0.1, -0.05) is 54.5 Å². The van der Waals surface area contributed by atoms with Gasteiger partial charge in [0.2, 0.25) is 5.91 Å². The highest BCUT2D eigenvalue weighted by Crippen LogP contribution is 2.29. The highest BCUT2D eigenvalue weighted by atomic mass is 79.9. The van der Waals surface area contributed by atoms with E-state index in [9.17, 15) is 4.79 Å². The van der Waals surface area contributed by atoms with Crippen LogP contribution in [0.15, 0.2) is 0 Å². The standard InChI is InChI=1S/C15H26BrNO/c16-11-13-7-4-8-14(13)17-15(18)10-9-12-5-2-1-3-6-12/h12-14H,1-11H2,(H,17,18). The Morgan fingerprint density at radius 2 is 1.83 bits per heavy atom. The van der Waals surface area contributed by atoms with Gasteiger partial charge in [-0.25, -0.2) is 0 Å². The average Bonchev–Trinajstić information content (AvgIpc) is 2.85. The molecule has 0 radical (unpaired) electrons. The van der Waals surface area contributed by atoms with E-state index in [0.29, 0.717) is 17.9 Å². The predicted octanol–water partition coefficient (Wildman–Crippen LogP) is 4.03. The molecule has 0 aromatic carbocycles. The summed E-state index contributed by atoms with van der Waals surface area (Å²) in [7, 11) is 0. The molecule has 3 heteroatoms. The topological polar surface area (TPSA) is 29.1 Å². The van der Waals surface area contributed by atoms with Crippen LogP contribution in [0.1, 0.15) is 64.2 Å². The van der Waals surface area contributed by atoms with E-state index in [1.54, 1.807) is 0 Å². The van der Waals surface area contributed by atoms with Crippen molar-refractivity contribution in [1.29, 1.82) is 0 Å². The lowest BCUT2D eigenvalue weighted by atomic mass is 9.86. The lowest BCUT2D eigenvalue weighted by Gasteiger charge is -2.22. The minimum atomic E-state index is 0.290. The maximum Gasteiger partial charge on any atom is 0.220 e. The molecule has 104 valence electrons. The molecule has 0 aliphatic heterocycles. The van der Waals surface area contributed by atoms with Crippen LogP contribution in [-0.2, 0) is 4.79 Å². The van der Waals surface area contributed by atoms with E-state index in [4.69, 9.17) is 0 Å². The summed E-state index contributed by atoms with van der Waals surface area (Å²) in [5.74, 6) is 1.77. The van der Waals surface area contributed by atoms with Crippen LogP contribution < -0.4 is 5.32 Å². The largest absolute Gasteiger partial charge is 0.353 e. The van der Waals surface area contributed by atoms with Crippen molar-refractivity contribution in [3.8, 4) is 0 Å². The lowest BCUT2D eigenvalue weighted by molar-refractivity contribution is -0.122. The fourth-order valence-electron chi connectivity index (χ4n) is 3.50. The molecule has 18 heavy (non-hydrogen) atoms. The molecule has 1 amide bonds. The maximum atomic E-state index is 12.0. The molecule has 2 atom stereocenters. The van der Waals surface area contributed by atoms with Crippen LogP contribution in [0.25, 0.3) is 0 Å². The van der Waals surface area contributed by atoms with Gasteiger partial charge in [0.05, 0.1) is 0 Å². The Balaban J connectivity index is 1.65. The molecule has 2 aliphatic rings. The van der Waals surface area contributed by atoms with E-state index in [2.05, 4.69) is 21.2 Å². The smallest absolute Gasteiger partial charge is 0.220 e. The summed E-state index contributed by atoms with van der Waals surface area (Å²) in [4.78, 5) is 12.0.